The zero-order valence-electron chi connectivity index (χ0n) is 18.0. The first-order valence-corrected chi connectivity index (χ1v) is 10.6. The minimum Gasteiger partial charge on any atom is -0.326 e. The lowest BCUT2D eigenvalue weighted by Crippen LogP contribution is -2.36. The molecule has 0 fully saturated rings. The van der Waals surface area contributed by atoms with Crippen molar-refractivity contribution in [2.75, 3.05) is 5.32 Å². The summed E-state index contributed by atoms with van der Waals surface area (Å²) in [5, 5.41) is 13.2. The average molecular weight is 520 g/mol. The highest BCUT2D eigenvalue weighted by Crippen LogP contribution is 2.29. The number of amides is 1. The van der Waals surface area contributed by atoms with Crippen LogP contribution in [-0.2, 0) is 6.18 Å². The molecular formula is C24H15ClF5N5O. The second kappa shape index (κ2) is 10.2. The van der Waals surface area contributed by atoms with Crippen LogP contribution in [-0.4, -0.2) is 18.0 Å². The number of hydrogen-bond acceptors (Lipinski definition) is 4. The molecule has 1 aliphatic rings. The van der Waals surface area contributed by atoms with Gasteiger partial charge >= 0.3 is 6.18 Å². The summed E-state index contributed by atoms with van der Waals surface area (Å²) in [5.74, 6) is -2.05. The number of guanidine groups is 1. The minimum absolute atomic E-state index is 0.0740. The second-order valence-electron chi connectivity index (χ2n) is 7.48. The fraction of sp³-hybridized carbons (Fsp3) is 0.0833. The van der Waals surface area contributed by atoms with E-state index in [2.05, 4.69) is 25.9 Å². The summed E-state index contributed by atoms with van der Waals surface area (Å²) in [4.78, 5) is 17.0. The first-order valence-electron chi connectivity index (χ1n) is 10.2. The van der Waals surface area contributed by atoms with Gasteiger partial charge in [0.05, 0.1) is 11.3 Å². The van der Waals surface area contributed by atoms with E-state index in [1.54, 1.807) is 0 Å². The molecule has 2 N–H and O–H groups in total. The molecule has 1 amide bonds. The fourth-order valence-corrected chi connectivity index (χ4v) is 3.37. The highest BCUT2D eigenvalue weighted by Gasteiger charge is 2.30. The van der Waals surface area contributed by atoms with Crippen LogP contribution in [0.2, 0.25) is 5.02 Å². The lowest BCUT2D eigenvalue weighted by Gasteiger charge is -2.13. The van der Waals surface area contributed by atoms with E-state index < -0.39 is 35.4 Å². The van der Waals surface area contributed by atoms with Crippen LogP contribution in [0.25, 0.3) is 5.70 Å². The SMILES string of the molecule is O=C(NC(=NC1C=C(c2ccc(F)cc2)N=N1)Nc1cc(F)cc(Cl)c1)c1ccc(C(F)(F)F)cc1. The number of nitrogens with one attached hydrogen (secondary N) is 2. The van der Waals surface area contributed by atoms with E-state index in [4.69, 9.17) is 11.6 Å². The quantitative estimate of drug-likeness (QED) is 0.229. The Morgan fingerprint density at radius 3 is 2.28 bits per heavy atom. The van der Waals surface area contributed by atoms with Gasteiger partial charge in [-0.05, 0) is 72.8 Å². The molecule has 12 heteroatoms. The Labute approximate surface area is 206 Å². The monoisotopic (exact) mass is 519 g/mol. The van der Waals surface area contributed by atoms with Crippen molar-refractivity contribution >= 4 is 34.9 Å². The lowest BCUT2D eigenvalue weighted by atomic mass is 10.1. The molecule has 1 heterocycles. The van der Waals surface area contributed by atoms with Crippen molar-refractivity contribution in [2.45, 2.75) is 12.3 Å². The summed E-state index contributed by atoms with van der Waals surface area (Å²) in [6.45, 7) is 0. The molecule has 0 aromatic heterocycles. The van der Waals surface area contributed by atoms with Gasteiger partial charge in [-0.3, -0.25) is 10.1 Å². The van der Waals surface area contributed by atoms with Gasteiger partial charge in [0.15, 0.2) is 6.17 Å². The fourth-order valence-electron chi connectivity index (χ4n) is 3.15. The largest absolute Gasteiger partial charge is 0.416 e. The maximum absolute atomic E-state index is 13.8. The first kappa shape index (κ1) is 25.0. The lowest BCUT2D eigenvalue weighted by molar-refractivity contribution is -0.137. The summed E-state index contributed by atoms with van der Waals surface area (Å²) < 4.78 is 65.5. The molecule has 0 bridgehead atoms. The number of anilines is 1. The number of rotatable bonds is 4. The molecule has 0 spiro atoms. The van der Waals surface area contributed by atoms with E-state index in [-0.39, 0.29) is 22.2 Å². The molecule has 0 radical (unpaired) electrons. The van der Waals surface area contributed by atoms with Gasteiger partial charge in [-0.25, -0.2) is 13.8 Å². The Morgan fingerprint density at radius 1 is 0.944 bits per heavy atom. The molecule has 3 aromatic carbocycles. The van der Waals surface area contributed by atoms with Crippen LogP contribution in [0.15, 0.2) is 88.0 Å². The Balaban J connectivity index is 1.60. The summed E-state index contributed by atoms with van der Waals surface area (Å²) >= 11 is 5.89. The predicted molar refractivity (Wildman–Crippen MR) is 124 cm³/mol. The molecule has 0 aliphatic carbocycles. The van der Waals surface area contributed by atoms with E-state index in [1.807, 2.05) is 0 Å². The highest BCUT2D eigenvalue weighted by molar-refractivity contribution is 6.31. The first-order chi connectivity index (χ1) is 17.1. The van der Waals surface area contributed by atoms with Crippen molar-refractivity contribution in [1.82, 2.24) is 5.32 Å². The topological polar surface area (TPSA) is 78.2 Å². The van der Waals surface area contributed by atoms with Crippen molar-refractivity contribution in [3.63, 3.8) is 0 Å². The third-order valence-electron chi connectivity index (χ3n) is 4.82. The predicted octanol–water partition coefficient (Wildman–Crippen LogP) is 6.67. The summed E-state index contributed by atoms with van der Waals surface area (Å²) in [7, 11) is 0. The van der Waals surface area contributed by atoms with Crippen molar-refractivity contribution in [3.8, 4) is 0 Å². The maximum atomic E-state index is 13.8. The van der Waals surface area contributed by atoms with Gasteiger partial charge in [0.25, 0.3) is 5.91 Å². The zero-order chi connectivity index (χ0) is 25.9. The van der Waals surface area contributed by atoms with Crippen molar-refractivity contribution in [2.24, 2.45) is 15.2 Å². The van der Waals surface area contributed by atoms with Gasteiger partial charge in [0.2, 0.25) is 5.96 Å². The van der Waals surface area contributed by atoms with Gasteiger partial charge in [-0.15, -0.1) is 0 Å². The standard InChI is InChI=1S/C24H15ClF5N5O/c25-16-9-18(27)11-19(10-16)31-23(33-22(36)14-1-5-15(6-2-14)24(28,29)30)32-21-12-20(34-35-21)13-3-7-17(26)8-4-13/h1-12,21H,(H2,31,32,33,36). The number of azo groups is 1. The van der Waals surface area contributed by atoms with Crippen molar-refractivity contribution in [3.05, 3.63) is 106 Å². The number of aliphatic imine (C=N–C) groups is 1. The second-order valence-corrected chi connectivity index (χ2v) is 7.91. The molecule has 6 nitrogen and oxygen atoms in total. The number of alkyl halides is 3. The Kier molecular flexibility index (Phi) is 7.11. The Bertz CT molecular complexity index is 1350. The molecular weight excluding hydrogens is 505 g/mol. The van der Waals surface area contributed by atoms with Gasteiger partial charge in [-0.1, -0.05) is 11.6 Å². The van der Waals surface area contributed by atoms with Crippen LogP contribution in [0.3, 0.4) is 0 Å². The smallest absolute Gasteiger partial charge is 0.326 e. The highest BCUT2D eigenvalue weighted by atomic mass is 35.5. The van der Waals surface area contributed by atoms with Gasteiger partial charge in [0.1, 0.15) is 11.6 Å². The third-order valence-corrected chi connectivity index (χ3v) is 5.04. The van der Waals surface area contributed by atoms with E-state index in [0.717, 1.165) is 36.4 Å². The molecule has 0 saturated carbocycles. The van der Waals surface area contributed by atoms with Crippen LogP contribution in [0.1, 0.15) is 21.5 Å². The van der Waals surface area contributed by atoms with Gasteiger partial charge in [-0.2, -0.15) is 23.4 Å². The van der Waals surface area contributed by atoms with E-state index in [9.17, 15) is 26.7 Å². The van der Waals surface area contributed by atoms with Crippen molar-refractivity contribution < 1.29 is 26.7 Å². The molecule has 3 aromatic rings. The summed E-state index contributed by atoms with van der Waals surface area (Å²) in [6, 6.07) is 12.6. The molecule has 184 valence electrons. The Hall–Kier alpha value is -4.12. The minimum atomic E-state index is -4.55. The molecule has 0 saturated heterocycles. The molecule has 1 atom stereocenters. The van der Waals surface area contributed by atoms with E-state index in [0.29, 0.717) is 11.3 Å². The number of carbonyl (C=O) groups excluding carboxylic acids is 1. The van der Waals surface area contributed by atoms with Crippen LogP contribution < -0.4 is 10.6 Å². The number of hydrogen-bond donors (Lipinski definition) is 2. The van der Waals surface area contributed by atoms with Crippen LogP contribution in [0.5, 0.6) is 0 Å². The normalized spacial score (nSPS) is 15.6. The van der Waals surface area contributed by atoms with Gasteiger partial charge < -0.3 is 5.32 Å². The van der Waals surface area contributed by atoms with E-state index >= 15 is 0 Å². The zero-order valence-corrected chi connectivity index (χ0v) is 18.8. The van der Waals surface area contributed by atoms with Crippen molar-refractivity contribution in [1.29, 1.82) is 0 Å². The number of benzene rings is 3. The molecule has 1 unspecified atom stereocenters. The number of halogens is 6. The number of nitrogens with zero attached hydrogens (tertiary/aromatic N) is 3. The van der Waals surface area contributed by atoms with Crippen LogP contribution >= 0.6 is 11.6 Å². The van der Waals surface area contributed by atoms with Gasteiger partial charge in [0, 0.05) is 21.8 Å². The summed E-state index contributed by atoms with van der Waals surface area (Å²) in [5.41, 5.74) is 0.142. The number of carbonyl (C=O) groups is 1. The maximum Gasteiger partial charge on any atom is 0.416 e. The Morgan fingerprint density at radius 2 is 1.64 bits per heavy atom. The summed E-state index contributed by atoms with van der Waals surface area (Å²) in [6.07, 6.45) is -3.93. The average Bonchev–Trinajstić information content (AvgIpc) is 3.26. The molecule has 36 heavy (non-hydrogen) atoms. The molecule has 1 aliphatic heterocycles. The van der Waals surface area contributed by atoms with Crippen LogP contribution in [0, 0.1) is 11.6 Å². The molecule has 4 rings (SSSR count). The van der Waals surface area contributed by atoms with E-state index in [1.165, 1.54) is 36.4 Å². The third kappa shape index (κ3) is 6.30. The van der Waals surface area contributed by atoms with Crippen LogP contribution in [0.4, 0.5) is 27.6 Å².